The van der Waals surface area contributed by atoms with Crippen molar-refractivity contribution in [1.82, 2.24) is 0 Å². The molecule has 3 rings (SSSR count). The molecule has 2 aromatic rings. The minimum Gasteiger partial charge on any atom is -0.485 e. The Morgan fingerprint density at radius 2 is 2.00 bits per heavy atom. The second-order valence-corrected chi connectivity index (χ2v) is 5.18. The van der Waals surface area contributed by atoms with E-state index in [1.807, 2.05) is 6.07 Å². The number of ether oxygens (including phenoxy) is 2. The first kappa shape index (κ1) is 13.9. The molecule has 2 aromatic carbocycles. The predicted molar refractivity (Wildman–Crippen MR) is 76.5 cm³/mol. The van der Waals surface area contributed by atoms with Crippen LogP contribution in [0, 0.1) is 5.82 Å². The first-order chi connectivity index (χ1) is 10.1. The molecule has 5 heteroatoms. The molecule has 1 aliphatic rings. The first-order valence-electron chi connectivity index (χ1n) is 6.48. The normalized spacial score (nSPS) is 16.6. The van der Waals surface area contributed by atoms with Gasteiger partial charge in [-0.3, -0.25) is 4.79 Å². The molecule has 0 spiro atoms. The highest BCUT2D eigenvalue weighted by molar-refractivity contribution is 6.30. The number of ketones is 1. The zero-order chi connectivity index (χ0) is 14.8. The number of carbonyl (C=O) groups excluding carboxylic acids is 1. The number of halogens is 2. The average Bonchev–Trinajstić information content (AvgIpc) is 2.50. The number of fused-ring (bicyclic) bond motifs is 1. The van der Waals surface area contributed by atoms with Crippen LogP contribution in [0.25, 0.3) is 0 Å². The Morgan fingerprint density at radius 3 is 2.81 bits per heavy atom. The molecular formula is C16H12ClFO3. The Labute approximate surface area is 126 Å². The van der Waals surface area contributed by atoms with Gasteiger partial charge in [-0.05, 0) is 35.9 Å². The maximum absolute atomic E-state index is 13.7. The van der Waals surface area contributed by atoms with Crippen molar-refractivity contribution < 1.29 is 18.7 Å². The van der Waals surface area contributed by atoms with Gasteiger partial charge in [-0.2, -0.15) is 0 Å². The maximum Gasteiger partial charge on any atom is 0.191 e. The predicted octanol–water partition coefficient (Wildman–Crippen LogP) is 3.43. The van der Waals surface area contributed by atoms with E-state index in [4.69, 9.17) is 21.1 Å². The van der Waals surface area contributed by atoms with Crippen LogP contribution in [0.3, 0.4) is 0 Å². The van der Waals surface area contributed by atoms with E-state index in [1.54, 1.807) is 18.2 Å². The van der Waals surface area contributed by atoms with Gasteiger partial charge < -0.3 is 9.47 Å². The van der Waals surface area contributed by atoms with E-state index in [2.05, 4.69) is 0 Å². The number of hydrogen-bond acceptors (Lipinski definition) is 3. The van der Waals surface area contributed by atoms with E-state index in [1.165, 1.54) is 18.2 Å². The van der Waals surface area contributed by atoms with Gasteiger partial charge in [0, 0.05) is 11.4 Å². The molecular weight excluding hydrogens is 295 g/mol. The monoisotopic (exact) mass is 306 g/mol. The zero-order valence-corrected chi connectivity index (χ0v) is 11.8. The first-order valence-corrected chi connectivity index (χ1v) is 6.86. The van der Waals surface area contributed by atoms with Gasteiger partial charge in [0.15, 0.2) is 23.4 Å². The van der Waals surface area contributed by atoms with Crippen LogP contribution < -0.4 is 9.47 Å². The van der Waals surface area contributed by atoms with Crippen molar-refractivity contribution >= 4 is 17.4 Å². The molecule has 0 saturated heterocycles. The van der Waals surface area contributed by atoms with E-state index in [9.17, 15) is 9.18 Å². The lowest BCUT2D eigenvalue weighted by Crippen LogP contribution is -2.37. The molecule has 3 nitrogen and oxygen atoms in total. The minimum absolute atomic E-state index is 0.0808. The summed E-state index contributed by atoms with van der Waals surface area (Å²) in [5.74, 6) is 0.430. The molecule has 0 aliphatic carbocycles. The lowest BCUT2D eigenvalue weighted by molar-refractivity contribution is -0.127. The Bertz CT molecular complexity index is 687. The number of carbonyl (C=O) groups is 1. The third-order valence-electron chi connectivity index (χ3n) is 3.24. The summed E-state index contributed by atoms with van der Waals surface area (Å²) in [5, 5.41) is 0.394. The molecule has 0 aromatic heterocycles. The quantitative estimate of drug-likeness (QED) is 0.871. The number of Topliss-reactive ketones (excluding diaryl/α,β-unsaturated/α-hetero) is 1. The van der Waals surface area contributed by atoms with Crippen LogP contribution in [0.1, 0.15) is 5.56 Å². The number of benzene rings is 2. The number of rotatable bonds is 3. The highest BCUT2D eigenvalue weighted by atomic mass is 35.5. The molecule has 0 fully saturated rings. The Morgan fingerprint density at radius 1 is 1.24 bits per heavy atom. The van der Waals surface area contributed by atoms with E-state index in [-0.39, 0.29) is 24.4 Å². The van der Waals surface area contributed by atoms with E-state index >= 15 is 0 Å². The molecule has 1 atom stereocenters. The molecule has 1 aliphatic heterocycles. The SMILES string of the molecule is O=C(Cc1cc(Cl)ccc1F)C1COc2ccccc2O1. The van der Waals surface area contributed by atoms with Crippen molar-refractivity contribution in [2.75, 3.05) is 6.61 Å². The van der Waals surface area contributed by atoms with Gasteiger partial charge >= 0.3 is 0 Å². The van der Waals surface area contributed by atoms with Crippen molar-refractivity contribution in [2.45, 2.75) is 12.5 Å². The van der Waals surface area contributed by atoms with Gasteiger partial charge in [-0.1, -0.05) is 23.7 Å². The Balaban J connectivity index is 1.74. The largest absolute Gasteiger partial charge is 0.485 e. The van der Waals surface area contributed by atoms with Gasteiger partial charge in [0.05, 0.1) is 0 Å². The average molecular weight is 307 g/mol. The van der Waals surface area contributed by atoms with Crippen LogP contribution in [0.4, 0.5) is 4.39 Å². The Kier molecular flexibility index (Phi) is 3.80. The van der Waals surface area contributed by atoms with Gasteiger partial charge in [-0.25, -0.2) is 4.39 Å². The molecule has 0 radical (unpaired) electrons. The Hall–Kier alpha value is -2.07. The van der Waals surface area contributed by atoms with Crippen molar-refractivity contribution in [3.63, 3.8) is 0 Å². The third-order valence-corrected chi connectivity index (χ3v) is 3.48. The van der Waals surface area contributed by atoms with Crippen LogP contribution in [-0.2, 0) is 11.2 Å². The molecule has 0 saturated carbocycles. The van der Waals surface area contributed by atoms with Crippen LogP contribution in [0.15, 0.2) is 42.5 Å². The summed E-state index contributed by atoms with van der Waals surface area (Å²) in [5.41, 5.74) is 0.259. The van der Waals surface area contributed by atoms with Gasteiger partial charge in [-0.15, -0.1) is 0 Å². The molecule has 0 N–H and O–H groups in total. The summed E-state index contributed by atoms with van der Waals surface area (Å²) in [6.45, 7) is 0.123. The van der Waals surface area contributed by atoms with Gasteiger partial charge in [0.25, 0.3) is 0 Å². The molecule has 0 amide bonds. The molecule has 0 bridgehead atoms. The van der Waals surface area contributed by atoms with E-state index in [0.717, 1.165) is 0 Å². The topological polar surface area (TPSA) is 35.5 Å². The van der Waals surface area contributed by atoms with E-state index < -0.39 is 11.9 Å². The molecule has 108 valence electrons. The molecule has 1 heterocycles. The number of para-hydroxylation sites is 2. The third kappa shape index (κ3) is 3.00. The highest BCUT2D eigenvalue weighted by Crippen LogP contribution is 2.31. The summed E-state index contributed by atoms with van der Waals surface area (Å²) in [7, 11) is 0. The summed E-state index contributed by atoms with van der Waals surface area (Å²) in [4.78, 5) is 12.2. The summed E-state index contributed by atoms with van der Waals surface area (Å²) >= 11 is 5.82. The van der Waals surface area contributed by atoms with Crippen molar-refractivity contribution in [2.24, 2.45) is 0 Å². The van der Waals surface area contributed by atoms with Crippen LogP contribution in [-0.4, -0.2) is 18.5 Å². The van der Waals surface area contributed by atoms with Crippen molar-refractivity contribution in [3.8, 4) is 11.5 Å². The lowest BCUT2D eigenvalue weighted by atomic mass is 10.0. The molecule has 21 heavy (non-hydrogen) atoms. The van der Waals surface area contributed by atoms with Crippen LogP contribution in [0.2, 0.25) is 5.02 Å². The summed E-state index contributed by atoms with van der Waals surface area (Å²) < 4.78 is 24.7. The van der Waals surface area contributed by atoms with Gasteiger partial charge in [0.2, 0.25) is 0 Å². The van der Waals surface area contributed by atoms with Crippen molar-refractivity contribution in [1.29, 1.82) is 0 Å². The fourth-order valence-corrected chi connectivity index (χ4v) is 2.35. The summed E-state index contributed by atoms with van der Waals surface area (Å²) in [6, 6.07) is 11.3. The fourth-order valence-electron chi connectivity index (χ4n) is 2.16. The maximum atomic E-state index is 13.7. The van der Waals surface area contributed by atoms with Crippen LogP contribution >= 0.6 is 11.6 Å². The highest BCUT2D eigenvalue weighted by Gasteiger charge is 2.27. The summed E-state index contributed by atoms with van der Waals surface area (Å²) in [6.07, 6.45) is -0.818. The second-order valence-electron chi connectivity index (χ2n) is 4.74. The lowest BCUT2D eigenvalue weighted by Gasteiger charge is -2.25. The fraction of sp³-hybridized carbons (Fsp3) is 0.188. The zero-order valence-electron chi connectivity index (χ0n) is 11.0. The standard InChI is InChI=1S/C16H12ClFO3/c17-11-5-6-12(18)10(7-11)8-13(19)16-9-20-14-3-1-2-4-15(14)21-16/h1-7,16H,8-9H2. The van der Waals surface area contributed by atoms with Crippen molar-refractivity contribution in [3.05, 3.63) is 58.9 Å². The van der Waals surface area contributed by atoms with Gasteiger partial charge in [0.1, 0.15) is 12.4 Å². The van der Waals surface area contributed by atoms with Crippen LogP contribution in [0.5, 0.6) is 11.5 Å². The number of hydrogen-bond donors (Lipinski definition) is 0. The molecule has 1 unspecified atom stereocenters. The second kappa shape index (κ2) is 5.74. The van der Waals surface area contributed by atoms with E-state index in [0.29, 0.717) is 16.5 Å². The smallest absolute Gasteiger partial charge is 0.191 e. The minimum atomic E-state index is -0.738.